The summed E-state index contributed by atoms with van der Waals surface area (Å²) in [5, 5.41) is 22.3. The van der Waals surface area contributed by atoms with E-state index >= 15 is 0 Å². The molecular weight excluding hydrogens is 308 g/mol. The number of hydrogen-bond donors (Lipinski definition) is 1. The Morgan fingerprint density at radius 1 is 1.08 bits per heavy atom. The van der Waals surface area contributed by atoms with Gasteiger partial charge in [-0.1, -0.05) is 6.07 Å². The number of nitrogens with zero attached hydrogens (tertiary/aromatic N) is 7. The standard InChI is InChI=1S/C15H14N8O/c24-15(11-6-9-23-14(10-11)19-20-21-23)16-7-3-5-13-18-17-12-4-1-2-8-22(12)13/h1-2,4,6,8-10H,3,5,7H2,(H,16,24). The van der Waals surface area contributed by atoms with Crippen molar-refractivity contribution in [1.29, 1.82) is 0 Å². The molecule has 4 aromatic heterocycles. The number of carbonyl (C=O) groups is 1. The number of rotatable bonds is 5. The van der Waals surface area contributed by atoms with Gasteiger partial charge in [0, 0.05) is 30.9 Å². The van der Waals surface area contributed by atoms with E-state index in [1.165, 1.54) is 4.52 Å². The minimum atomic E-state index is -0.147. The van der Waals surface area contributed by atoms with Crippen LogP contribution >= 0.6 is 0 Å². The van der Waals surface area contributed by atoms with E-state index in [-0.39, 0.29) is 5.91 Å². The molecule has 1 amide bonds. The molecule has 4 rings (SSSR count). The van der Waals surface area contributed by atoms with Crippen molar-refractivity contribution >= 4 is 17.2 Å². The maximum atomic E-state index is 12.2. The Labute approximate surface area is 136 Å². The maximum absolute atomic E-state index is 12.2. The molecule has 9 heteroatoms. The highest BCUT2D eigenvalue weighted by Crippen LogP contribution is 2.05. The van der Waals surface area contributed by atoms with Gasteiger partial charge in [0.1, 0.15) is 5.82 Å². The molecule has 0 aromatic carbocycles. The molecule has 0 spiro atoms. The number of pyridine rings is 2. The Balaban J connectivity index is 1.34. The monoisotopic (exact) mass is 322 g/mol. The summed E-state index contributed by atoms with van der Waals surface area (Å²) in [6.07, 6.45) is 5.10. The zero-order chi connectivity index (χ0) is 16.4. The van der Waals surface area contributed by atoms with Crippen molar-refractivity contribution in [3.63, 3.8) is 0 Å². The second-order valence-electron chi connectivity index (χ2n) is 5.30. The number of carbonyl (C=O) groups excluding carboxylic acids is 1. The van der Waals surface area contributed by atoms with Crippen LogP contribution in [0.2, 0.25) is 0 Å². The van der Waals surface area contributed by atoms with E-state index in [0.29, 0.717) is 17.8 Å². The zero-order valence-corrected chi connectivity index (χ0v) is 12.7. The molecule has 120 valence electrons. The first kappa shape index (κ1) is 14.2. The highest BCUT2D eigenvalue weighted by atomic mass is 16.1. The molecular formula is C15H14N8O. The van der Waals surface area contributed by atoms with Crippen LogP contribution in [0.25, 0.3) is 11.3 Å². The molecule has 0 saturated heterocycles. The normalized spacial score (nSPS) is 11.2. The Bertz CT molecular complexity index is 1000. The van der Waals surface area contributed by atoms with Crippen LogP contribution in [0.15, 0.2) is 42.7 Å². The molecule has 0 atom stereocenters. The van der Waals surface area contributed by atoms with Crippen LogP contribution < -0.4 is 5.32 Å². The minimum absolute atomic E-state index is 0.147. The molecule has 0 aliphatic carbocycles. The number of hydrogen-bond acceptors (Lipinski definition) is 6. The van der Waals surface area contributed by atoms with Gasteiger partial charge in [-0.15, -0.1) is 15.3 Å². The van der Waals surface area contributed by atoms with Crippen molar-refractivity contribution < 1.29 is 4.79 Å². The van der Waals surface area contributed by atoms with Crippen molar-refractivity contribution in [1.82, 2.24) is 40.0 Å². The summed E-state index contributed by atoms with van der Waals surface area (Å²) in [6, 6.07) is 9.12. The lowest BCUT2D eigenvalue weighted by Crippen LogP contribution is -2.25. The fourth-order valence-electron chi connectivity index (χ4n) is 2.49. The van der Waals surface area contributed by atoms with Gasteiger partial charge >= 0.3 is 0 Å². The number of aryl methyl sites for hydroxylation is 1. The number of nitrogens with one attached hydrogen (secondary N) is 1. The minimum Gasteiger partial charge on any atom is -0.352 e. The first-order valence-corrected chi connectivity index (χ1v) is 7.56. The van der Waals surface area contributed by atoms with Crippen molar-refractivity contribution in [3.8, 4) is 0 Å². The summed E-state index contributed by atoms with van der Waals surface area (Å²) in [7, 11) is 0. The van der Waals surface area contributed by atoms with Crippen molar-refractivity contribution in [2.75, 3.05) is 6.54 Å². The molecule has 0 aliphatic rings. The third-order valence-electron chi connectivity index (χ3n) is 3.71. The van der Waals surface area contributed by atoms with Gasteiger partial charge in [-0.2, -0.15) is 0 Å². The van der Waals surface area contributed by atoms with E-state index in [9.17, 15) is 4.79 Å². The van der Waals surface area contributed by atoms with E-state index in [1.807, 2.05) is 28.8 Å². The molecule has 4 aromatic rings. The molecule has 0 bridgehead atoms. The summed E-state index contributed by atoms with van der Waals surface area (Å²) >= 11 is 0. The first-order chi connectivity index (χ1) is 11.8. The van der Waals surface area contributed by atoms with Gasteiger partial charge in [0.15, 0.2) is 11.3 Å². The van der Waals surface area contributed by atoms with Gasteiger partial charge in [-0.25, -0.2) is 4.52 Å². The topological polar surface area (TPSA) is 102 Å². The number of aromatic nitrogens is 7. The Hall–Kier alpha value is -3.36. The number of amides is 1. The SMILES string of the molecule is O=C(NCCCc1nnc2ccccn12)c1ccn2nnnc2c1. The van der Waals surface area contributed by atoms with Crippen LogP contribution in [-0.2, 0) is 6.42 Å². The summed E-state index contributed by atoms with van der Waals surface area (Å²) in [5.74, 6) is 0.738. The van der Waals surface area contributed by atoms with Crippen LogP contribution in [0.4, 0.5) is 0 Å². The third kappa shape index (κ3) is 2.67. The summed E-state index contributed by atoms with van der Waals surface area (Å²) in [4.78, 5) is 12.2. The fraction of sp³-hybridized carbons (Fsp3) is 0.200. The van der Waals surface area contributed by atoms with E-state index in [0.717, 1.165) is 24.3 Å². The van der Waals surface area contributed by atoms with Crippen molar-refractivity contribution in [2.24, 2.45) is 0 Å². The average Bonchev–Trinajstić information content (AvgIpc) is 3.24. The van der Waals surface area contributed by atoms with Gasteiger partial charge in [0.25, 0.3) is 5.91 Å². The van der Waals surface area contributed by atoms with Crippen LogP contribution in [-0.4, -0.2) is 47.1 Å². The van der Waals surface area contributed by atoms with Gasteiger partial charge < -0.3 is 5.32 Å². The first-order valence-electron chi connectivity index (χ1n) is 7.56. The molecule has 9 nitrogen and oxygen atoms in total. The molecule has 0 unspecified atom stereocenters. The van der Waals surface area contributed by atoms with E-state index in [2.05, 4.69) is 31.0 Å². The Kier molecular flexibility index (Phi) is 3.58. The van der Waals surface area contributed by atoms with Crippen molar-refractivity contribution in [2.45, 2.75) is 12.8 Å². The average molecular weight is 322 g/mol. The molecule has 0 radical (unpaired) electrons. The second kappa shape index (κ2) is 6.03. The maximum Gasteiger partial charge on any atom is 0.251 e. The Morgan fingerprint density at radius 2 is 2.04 bits per heavy atom. The van der Waals surface area contributed by atoms with E-state index in [1.54, 1.807) is 18.3 Å². The van der Waals surface area contributed by atoms with Crippen molar-refractivity contribution in [3.05, 3.63) is 54.1 Å². The fourth-order valence-corrected chi connectivity index (χ4v) is 2.49. The lowest BCUT2D eigenvalue weighted by molar-refractivity contribution is 0.0953. The van der Waals surface area contributed by atoms with E-state index < -0.39 is 0 Å². The highest BCUT2D eigenvalue weighted by molar-refractivity contribution is 5.94. The van der Waals surface area contributed by atoms with Gasteiger partial charge in [-0.05, 0) is 41.1 Å². The predicted molar refractivity (Wildman–Crippen MR) is 84.4 cm³/mol. The summed E-state index contributed by atoms with van der Waals surface area (Å²) < 4.78 is 3.46. The quantitative estimate of drug-likeness (QED) is 0.538. The molecule has 0 saturated carbocycles. The molecule has 4 heterocycles. The number of tetrazole rings is 1. The molecule has 0 fully saturated rings. The lowest BCUT2D eigenvalue weighted by atomic mass is 10.2. The zero-order valence-electron chi connectivity index (χ0n) is 12.7. The van der Waals surface area contributed by atoms with Crippen LogP contribution in [0.3, 0.4) is 0 Å². The largest absolute Gasteiger partial charge is 0.352 e. The van der Waals surface area contributed by atoms with E-state index in [4.69, 9.17) is 0 Å². The van der Waals surface area contributed by atoms with Gasteiger partial charge in [-0.3, -0.25) is 9.20 Å². The van der Waals surface area contributed by atoms with Gasteiger partial charge in [0.2, 0.25) is 0 Å². The second-order valence-corrected chi connectivity index (χ2v) is 5.30. The lowest BCUT2D eigenvalue weighted by Gasteiger charge is -2.05. The highest BCUT2D eigenvalue weighted by Gasteiger charge is 2.08. The van der Waals surface area contributed by atoms with Crippen LogP contribution in [0.5, 0.6) is 0 Å². The summed E-state index contributed by atoms with van der Waals surface area (Å²) in [5.41, 5.74) is 1.90. The molecule has 0 aliphatic heterocycles. The molecule has 1 N–H and O–H groups in total. The van der Waals surface area contributed by atoms with Crippen LogP contribution in [0.1, 0.15) is 22.6 Å². The molecule has 24 heavy (non-hydrogen) atoms. The van der Waals surface area contributed by atoms with Gasteiger partial charge in [0.05, 0.1) is 0 Å². The Morgan fingerprint density at radius 3 is 3.00 bits per heavy atom. The van der Waals surface area contributed by atoms with Crippen LogP contribution in [0, 0.1) is 0 Å². The third-order valence-corrected chi connectivity index (χ3v) is 3.71. The number of fused-ring (bicyclic) bond motifs is 2. The predicted octanol–water partition coefficient (Wildman–Crippen LogP) is 0.530. The smallest absolute Gasteiger partial charge is 0.251 e. The summed E-state index contributed by atoms with van der Waals surface area (Å²) in [6.45, 7) is 0.552.